The monoisotopic (exact) mass is 234 g/mol. The molecule has 0 aliphatic heterocycles. The Hall–Kier alpha value is -0.820. The van der Waals surface area contributed by atoms with Crippen LogP contribution in [0.5, 0.6) is 0 Å². The quantitative estimate of drug-likeness (QED) is 0.743. The summed E-state index contributed by atoms with van der Waals surface area (Å²) in [6.45, 7) is 13.7. The van der Waals surface area contributed by atoms with E-state index in [9.17, 15) is 0 Å². The summed E-state index contributed by atoms with van der Waals surface area (Å²) >= 11 is 0. The molecule has 1 nitrogen and oxygen atoms in total. The molecule has 96 valence electrons. The van der Waals surface area contributed by atoms with Crippen LogP contribution < -0.4 is 0 Å². The minimum atomic E-state index is -0.0654. The lowest BCUT2D eigenvalue weighted by Gasteiger charge is -2.20. The van der Waals surface area contributed by atoms with Gasteiger partial charge in [-0.3, -0.25) is 0 Å². The van der Waals surface area contributed by atoms with Gasteiger partial charge in [0.05, 0.1) is 12.2 Å². The van der Waals surface area contributed by atoms with Crippen LogP contribution in [0.25, 0.3) is 0 Å². The van der Waals surface area contributed by atoms with E-state index in [1.54, 1.807) is 0 Å². The molecule has 17 heavy (non-hydrogen) atoms. The number of benzene rings is 1. The second-order valence-electron chi connectivity index (χ2n) is 6.95. The Morgan fingerprint density at radius 3 is 1.71 bits per heavy atom. The summed E-state index contributed by atoms with van der Waals surface area (Å²) in [5.41, 5.74) is 2.93. The van der Waals surface area contributed by atoms with E-state index in [0.29, 0.717) is 12.0 Å². The van der Waals surface area contributed by atoms with Gasteiger partial charge in [0, 0.05) is 0 Å². The Kier molecular flexibility index (Phi) is 4.37. The first-order valence-electron chi connectivity index (χ1n) is 6.37. The largest absolute Gasteiger partial charge is 0.371 e. The molecule has 0 N–H and O–H groups in total. The molecule has 0 heterocycles. The second-order valence-corrected chi connectivity index (χ2v) is 6.95. The highest BCUT2D eigenvalue weighted by Gasteiger charge is 2.12. The van der Waals surface area contributed by atoms with Crippen LogP contribution >= 0.6 is 0 Å². The third-order valence-electron chi connectivity index (χ3n) is 2.43. The van der Waals surface area contributed by atoms with Gasteiger partial charge in [-0.05, 0) is 43.7 Å². The maximum atomic E-state index is 5.76. The lowest BCUT2D eigenvalue weighted by molar-refractivity contribution is -0.0149. The number of rotatable bonds is 3. The smallest absolute Gasteiger partial charge is 0.0724 e. The molecule has 0 radical (unpaired) electrons. The van der Waals surface area contributed by atoms with Gasteiger partial charge in [-0.2, -0.15) is 0 Å². The zero-order chi connectivity index (χ0) is 13.1. The topological polar surface area (TPSA) is 9.23 Å². The van der Waals surface area contributed by atoms with Crippen molar-refractivity contribution in [3.63, 3.8) is 0 Å². The number of hydrogen-bond acceptors (Lipinski definition) is 1. The molecule has 0 aliphatic carbocycles. The van der Waals surface area contributed by atoms with Crippen LogP contribution in [0.15, 0.2) is 24.3 Å². The minimum Gasteiger partial charge on any atom is -0.371 e. The van der Waals surface area contributed by atoms with Gasteiger partial charge in [0.2, 0.25) is 0 Å². The molecule has 0 amide bonds. The molecule has 0 atom stereocenters. The molecule has 0 aromatic heterocycles. The highest BCUT2D eigenvalue weighted by molar-refractivity contribution is 5.22. The van der Waals surface area contributed by atoms with Crippen LogP contribution in [-0.4, -0.2) is 5.60 Å². The van der Waals surface area contributed by atoms with Crippen molar-refractivity contribution < 1.29 is 4.74 Å². The Bertz CT molecular complexity index is 335. The van der Waals surface area contributed by atoms with E-state index < -0.39 is 0 Å². The summed E-state index contributed by atoms with van der Waals surface area (Å²) in [6, 6.07) is 8.78. The molecular weight excluding hydrogens is 208 g/mol. The van der Waals surface area contributed by atoms with Gasteiger partial charge >= 0.3 is 0 Å². The van der Waals surface area contributed by atoms with Gasteiger partial charge in [-0.1, -0.05) is 45.0 Å². The first kappa shape index (κ1) is 14.2. The first-order chi connectivity index (χ1) is 7.66. The van der Waals surface area contributed by atoms with Crippen LogP contribution in [0, 0.1) is 5.41 Å². The molecule has 0 fully saturated rings. The van der Waals surface area contributed by atoms with Crippen molar-refractivity contribution in [2.75, 3.05) is 0 Å². The molecule has 1 aromatic carbocycles. The van der Waals surface area contributed by atoms with E-state index in [1.165, 1.54) is 11.1 Å². The molecule has 1 rings (SSSR count). The summed E-state index contributed by atoms with van der Waals surface area (Å²) in [5.74, 6) is 0. The van der Waals surface area contributed by atoms with E-state index >= 15 is 0 Å². The Morgan fingerprint density at radius 1 is 0.824 bits per heavy atom. The molecule has 1 heteroatoms. The minimum absolute atomic E-state index is 0.0654. The lowest BCUT2D eigenvalue weighted by Crippen LogP contribution is -2.18. The summed E-state index contributed by atoms with van der Waals surface area (Å²) < 4.78 is 5.76. The van der Waals surface area contributed by atoms with E-state index in [2.05, 4.69) is 65.8 Å². The third-order valence-corrected chi connectivity index (χ3v) is 2.43. The van der Waals surface area contributed by atoms with E-state index in [4.69, 9.17) is 4.74 Å². The number of hydrogen-bond donors (Lipinski definition) is 0. The van der Waals surface area contributed by atoms with Crippen molar-refractivity contribution in [3.05, 3.63) is 35.4 Å². The lowest BCUT2D eigenvalue weighted by atomic mass is 9.88. The zero-order valence-corrected chi connectivity index (χ0v) is 12.1. The predicted octanol–water partition coefficient (Wildman–Crippen LogP) is 4.59. The molecule has 0 saturated heterocycles. The third kappa shape index (κ3) is 6.48. The van der Waals surface area contributed by atoms with Crippen molar-refractivity contribution in [1.29, 1.82) is 0 Å². The van der Waals surface area contributed by atoms with Crippen molar-refractivity contribution in [1.82, 2.24) is 0 Å². The van der Waals surface area contributed by atoms with Crippen LogP contribution in [-0.2, 0) is 17.8 Å². The maximum absolute atomic E-state index is 5.76. The fourth-order valence-electron chi connectivity index (χ4n) is 1.67. The SMILES string of the molecule is CC(C)(C)Cc1ccc(COC(C)(C)C)cc1. The van der Waals surface area contributed by atoms with Crippen molar-refractivity contribution >= 4 is 0 Å². The maximum Gasteiger partial charge on any atom is 0.0724 e. The molecular formula is C16H26O. The fraction of sp³-hybridized carbons (Fsp3) is 0.625. The number of ether oxygens (including phenoxy) is 1. The first-order valence-corrected chi connectivity index (χ1v) is 6.37. The summed E-state index contributed by atoms with van der Waals surface area (Å²) in [6.07, 6.45) is 1.12. The van der Waals surface area contributed by atoms with Crippen molar-refractivity contribution in [2.45, 2.75) is 60.2 Å². The van der Waals surface area contributed by atoms with Crippen LogP contribution in [0.2, 0.25) is 0 Å². The standard InChI is InChI=1S/C16H26O/c1-15(2,3)11-13-7-9-14(10-8-13)12-17-16(4,5)6/h7-10H,11-12H2,1-6H3. The Morgan fingerprint density at radius 2 is 1.29 bits per heavy atom. The van der Waals surface area contributed by atoms with Gasteiger partial charge in [0.25, 0.3) is 0 Å². The van der Waals surface area contributed by atoms with Gasteiger partial charge in [-0.25, -0.2) is 0 Å². The van der Waals surface area contributed by atoms with Crippen LogP contribution in [0.3, 0.4) is 0 Å². The normalized spacial score (nSPS) is 12.8. The molecule has 1 aromatic rings. The fourth-order valence-corrected chi connectivity index (χ4v) is 1.67. The van der Waals surface area contributed by atoms with Crippen molar-refractivity contribution in [3.8, 4) is 0 Å². The van der Waals surface area contributed by atoms with Gasteiger partial charge in [0.1, 0.15) is 0 Å². The van der Waals surface area contributed by atoms with E-state index in [1.807, 2.05) is 0 Å². The highest BCUT2D eigenvalue weighted by atomic mass is 16.5. The second kappa shape index (κ2) is 5.22. The zero-order valence-electron chi connectivity index (χ0n) is 12.1. The van der Waals surface area contributed by atoms with Gasteiger partial charge in [0.15, 0.2) is 0 Å². The average molecular weight is 234 g/mol. The Balaban J connectivity index is 2.56. The van der Waals surface area contributed by atoms with Crippen molar-refractivity contribution in [2.24, 2.45) is 5.41 Å². The molecule has 0 aliphatic rings. The van der Waals surface area contributed by atoms with Crippen LogP contribution in [0.4, 0.5) is 0 Å². The van der Waals surface area contributed by atoms with Crippen LogP contribution in [0.1, 0.15) is 52.7 Å². The summed E-state index contributed by atoms with van der Waals surface area (Å²) in [4.78, 5) is 0. The molecule has 0 unspecified atom stereocenters. The molecule has 0 saturated carbocycles. The molecule has 0 spiro atoms. The van der Waals surface area contributed by atoms with E-state index in [-0.39, 0.29) is 5.60 Å². The van der Waals surface area contributed by atoms with Gasteiger partial charge < -0.3 is 4.74 Å². The average Bonchev–Trinajstić information content (AvgIpc) is 2.13. The summed E-state index contributed by atoms with van der Waals surface area (Å²) in [5, 5.41) is 0. The predicted molar refractivity (Wildman–Crippen MR) is 74.1 cm³/mol. The Labute approximate surface area is 106 Å². The van der Waals surface area contributed by atoms with Gasteiger partial charge in [-0.15, -0.1) is 0 Å². The summed E-state index contributed by atoms with van der Waals surface area (Å²) in [7, 11) is 0. The molecule has 0 bridgehead atoms. The highest BCUT2D eigenvalue weighted by Crippen LogP contribution is 2.21. The van der Waals surface area contributed by atoms with E-state index in [0.717, 1.165) is 6.42 Å².